The Kier molecular flexibility index (Phi) is 4.35. The van der Waals surface area contributed by atoms with Crippen LogP contribution in [-0.4, -0.2) is 16.3 Å². The average Bonchev–Trinajstić information content (AvgIpc) is 2.65. The van der Waals surface area contributed by atoms with Crippen LogP contribution in [0.3, 0.4) is 0 Å². The van der Waals surface area contributed by atoms with Crippen molar-refractivity contribution in [2.24, 2.45) is 12.8 Å². The van der Waals surface area contributed by atoms with E-state index in [1.165, 1.54) is 27.8 Å². The zero-order valence-corrected chi connectivity index (χ0v) is 14.4. The summed E-state index contributed by atoms with van der Waals surface area (Å²) in [5.74, 6) is 0. The van der Waals surface area contributed by atoms with Crippen molar-refractivity contribution < 1.29 is 0 Å². The van der Waals surface area contributed by atoms with Gasteiger partial charge >= 0.3 is 0 Å². The number of nitrogens with two attached hydrogens (primary N) is 1. The van der Waals surface area contributed by atoms with Gasteiger partial charge in [-0.2, -0.15) is 5.10 Å². The van der Waals surface area contributed by atoms with Gasteiger partial charge in [-0.3, -0.25) is 4.68 Å². The minimum absolute atomic E-state index is 0.611. The Morgan fingerprint density at radius 3 is 2.20 bits per heavy atom. The van der Waals surface area contributed by atoms with Crippen LogP contribution < -0.4 is 5.73 Å². The lowest BCUT2D eigenvalue weighted by molar-refractivity contribution is 0.744. The molecule has 1 aromatic carbocycles. The smallest absolute Gasteiger partial charge is 0.0829 e. The van der Waals surface area contributed by atoms with E-state index >= 15 is 0 Å². The second kappa shape index (κ2) is 5.70. The summed E-state index contributed by atoms with van der Waals surface area (Å²) in [7, 11) is 2.00. The molecule has 0 spiro atoms. The highest BCUT2D eigenvalue weighted by Gasteiger charge is 2.20. The SMILES string of the molecule is Cc1cc(C)c(C)c(-c2c(Br)c(CCN)nn2C)c1C. The van der Waals surface area contributed by atoms with E-state index in [0.29, 0.717) is 6.54 Å². The molecule has 0 amide bonds. The predicted octanol–water partition coefficient (Wildman–Crippen LogP) is 3.58. The van der Waals surface area contributed by atoms with Crippen molar-refractivity contribution in [3.8, 4) is 11.3 Å². The van der Waals surface area contributed by atoms with Crippen LogP contribution >= 0.6 is 15.9 Å². The molecule has 0 fully saturated rings. The average molecular weight is 336 g/mol. The first-order valence-corrected chi connectivity index (χ1v) is 7.67. The van der Waals surface area contributed by atoms with Gasteiger partial charge in [0.15, 0.2) is 0 Å². The number of nitrogens with zero attached hydrogens (tertiary/aromatic N) is 2. The molecule has 2 aromatic rings. The molecule has 0 bridgehead atoms. The van der Waals surface area contributed by atoms with Gasteiger partial charge in [0.2, 0.25) is 0 Å². The first-order chi connectivity index (χ1) is 9.38. The summed E-state index contributed by atoms with van der Waals surface area (Å²) in [6.07, 6.45) is 0.789. The van der Waals surface area contributed by atoms with Crippen molar-refractivity contribution in [1.82, 2.24) is 9.78 Å². The van der Waals surface area contributed by atoms with E-state index in [9.17, 15) is 0 Å². The minimum atomic E-state index is 0.611. The summed E-state index contributed by atoms with van der Waals surface area (Å²) in [5.41, 5.74) is 14.4. The third kappa shape index (κ3) is 2.42. The van der Waals surface area contributed by atoms with E-state index in [-0.39, 0.29) is 0 Å². The largest absolute Gasteiger partial charge is 0.330 e. The second-order valence-corrected chi connectivity index (χ2v) is 6.20. The van der Waals surface area contributed by atoms with Crippen molar-refractivity contribution in [2.75, 3.05) is 6.54 Å². The molecule has 2 N–H and O–H groups in total. The summed E-state index contributed by atoms with van der Waals surface area (Å²) in [6.45, 7) is 9.30. The summed E-state index contributed by atoms with van der Waals surface area (Å²) in [4.78, 5) is 0. The fraction of sp³-hybridized carbons (Fsp3) is 0.438. The standard InChI is InChI=1S/C16H22BrN3/c1-9-8-10(2)12(4)14(11(9)3)16-15(17)13(6-7-18)19-20(16)5/h8H,6-7,18H2,1-5H3. The molecule has 1 heterocycles. The van der Waals surface area contributed by atoms with Gasteiger partial charge in [0.05, 0.1) is 15.9 Å². The van der Waals surface area contributed by atoms with Gasteiger partial charge in [0.1, 0.15) is 0 Å². The third-order valence-electron chi connectivity index (χ3n) is 4.04. The highest BCUT2D eigenvalue weighted by atomic mass is 79.9. The lowest BCUT2D eigenvalue weighted by atomic mass is 9.92. The van der Waals surface area contributed by atoms with Gasteiger partial charge in [0.25, 0.3) is 0 Å². The molecule has 20 heavy (non-hydrogen) atoms. The van der Waals surface area contributed by atoms with Crippen molar-refractivity contribution in [3.63, 3.8) is 0 Å². The van der Waals surface area contributed by atoms with Gasteiger partial charge in [-0.05, 0) is 72.4 Å². The Hall–Kier alpha value is -1.13. The maximum absolute atomic E-state index is 5.67. The van der Waals surface area contributed by atoms with Gasteiger partial charge in [-0.15, -0.1) is 0 Å². The van der Waals surface area contributed by atoms with E-state index in [2.05, 4.69) is 54.8 Å². The van der Waals surface area contributed by atoms with Crippen molar-refractivity contribution in [3.05, 3.63) is 38.5 Å². The first-order valence-electron chi connectivity index (χ1n) is 6.87. The molecular weight excluding hydrogens is 314 g/mol. The molecule has 0 aliphatic rings. The van der Waals surface area contributed by atoms with Crippen molar-refractivity contribution in [1.29, 1.82) is 0 Å². The first kappa shape index (κ1) is 15.3. The van der Waals surface area contributed by atoms with E-state index in [0.717, 1.165) is 22.3 Å². The lowest BCUT2D eigenvalue weighted by Gasteiger charge is -2.16. The highest BCUT2D eigenvalue weighted by Crippen LogP contribution is 2.37. The maximum atomic E-state index is 5.67. The number of rotatable bonds is 3. The Labute approximate surface area is 129 Å². The molecule has 0 radical (unpaired) electrons. The van der Waals surface area contributed by atoms with Gasteiger partial charge in [-0.1, -0.05) is 6.07 Å². The second-order valence-electron chi connectivity index (χ2n) is 5.41. The molecule has 2 rings (SSSR count). The van der Waals surface area contributed by atoms with Gasteiger partial charge < -0.3 is 5.73 Å². The molecule has 1 aromatic heterocycles. The van der Waals surface area contributed by atoms with E-state index < -0.39 is 0 Å². The van der Waals surface area contributed by atoms with Crippen LogP contribution in [0.5, 0.6) is 0 Å². The highest BCUT2D eigenvalue weighted by molar-refractivity contribution is 9.10. The Balaban J connectivity index is 2.75. The number of aryl methyl sites for hydroxylation is 3. The normalized spacial score (nSPS) is 11.2. The Morgan fingerprint density at radius 1 is 1.15 bits per heavy atom. The third-order valence-corrected chi connectivity index (χ3v) is 4.87. The topological polar surface area (TPSA) is 43.8 Å². The lowest BCUT2D eigenvalue weighted by Crippen LogP contribution is -2.04. The summed E-state index contributed by atoms with van der Waals surface area (Å²) >= 11 is 3.72. The predicted molar refractivity (Wildman–Crippen MR) is 88.1 cm³/mol. The number of benzene rings is 1. The fourth-order valence-electron chi connectivity index (χ4n) is 2.69. The molecule has 0 saturated carbocycles. The van der Waals surface area contributed by atoms with E-state index in [4.69, 9.17) is 5.73 Å². The Morgan fingerprint density at radius 2 is 1.70 bits per heavy atom. The quantitative estimate of drug-likeness (QED) is 0.931. The van der Waals surface area contributed by atoms with E-state index in [1.807, 2.05) is 11.7 Å². The maximum Gasteiger partial charge on any atom is 0.0829 e. The molecule has 0 aliphatic carbocycles. The zero-order chi connectivity index (χ0) is 15.0. The van der Waals surface area contributed by atoms with Crippen molar-refractivity contribution >= 4 is 15.9 Å². The van der Waals surface area contributed by atoms with Crippen LogP contribution in [0.2, 0.25) is 0 Å². The van der Waals surface area contributed by atoms with E-state index in [1.54, 1.807) is 0 Å². The van der Waals surface area contributed by atoms with Crippen LogP contribution in [0, 0.1) is 27.7 Å². The van der Waals surface area contributed by atoms with Crippen molar-refractivity contribution in [2.45, 2.75) is 34.1 Å². The molecule has 0 atom stereocenters. The number of halogens is 1. The number of hydrogen-bond acceptors (Lipinski definition) is 2. The molecule has 4 heteroatoms. The number of aromatic nitrogens is 2. The summed E-state index contributed by atoms with van der Waals surface area (Å²) in [6, 6.07) is 2.25. The molecule has 108 valence electrons. The van der Waals surface area contributed by atoms with Crippen LogP contribution in [-0.2, 0) is 13.5 Å². The van der Waals surface area contributed by atoms with Gasteiger partial charge in [-0.25, -0.2) is 0 Å². The molecular formula is C16H22BrN3. The van der Waals surface area contributed by atoms with Crippen LogP contribution in [0.25, 0.3) is 11.3 Å². The Bertz CT molecular complexity index is 630. The van der Waals surface area contributed by atoms with Crippen LogP contribution in [0.1, 0.15) is 27.9 Å². The summed E-state index contributed by atoms with van der Waals surface area (Å²) in [5, 5.41) is 4.61. The molecule has 0 unspecified atom stereocenters. The minimum Gasteiger partial charge on any atom is -0.330 e. The summed E-state index contributed by atoms with van der Waals surface area (Å²) < 4.78 is 3.03. The fourth-order valence-corrected chi connectivity index (χ4v) is 3.43. The van der Waals surface area contributed by atoms with Gasteiger partial charge in [0, 0.05) is 19.0 Å². The van der Waals surface area contributed by atoms with Crippen LogP contribution in [0.4, 0.5) is 0 Å². The zero-order valence-electron chi connectivity index (χ0n) is 12.8. The molecule has 3 nitrogen and oxygen atoms in total. The monoisotopic (exact) mass is 335 g/mol. The molecule has 0 saturated heterocycles. The number of hydrogen-bond donors (Lipinski definition) is 1. The molecule has 0 aliphatic heterocycles. The van der Waals surface area contributed by atoms with Crippen LogP contribution in [0.15, 0.2) is 10.5 Å².